The second-order valence-corrected chi connectivity index (χ2v) is 11.5. The first-order chi connectivity index (χ1) is 19.9. The van der Waals surface area contributed by atoms with Crippen LogP contribution >= 0.6 is 11.3 Å². The molecule has 3 aromatic heterocycles. The Morgan fingerprint density at radius 3 is 2.33 bits per heavy atom. The Labute approximate surface area is 234 Å². The lowest BCUT2D eigenvalue weighted by atomic mass is 9.89. The summed E-state index contributed by atoms with van der Waals surface area (Å²) < 4.78 is 4.96. The fourth-order valence-electron chi connectivity index (χ4n) is 6.59. The fourth-order valence-corrected chi connectivity index (χ4v) is 7.86. The highest BCUT2D eigenvalue weighted by Crippen LogP contribution is 2.48. The van der Waals surface area contributed by atoms with Crippen LogP contribution in [0.1, 0.15) is 17.5 Å². The largest absolute Gasteiger partial charge is 0.276 e. The van der Waals surface area contributed by atoms with Crippen LogP contribution in [0.2, 0.25) is 0 Å². The maximum atomic E-state index is 5.33. The van der Waals surface area contributed by atoms with Crippen LogP contribution in [0, 0.1) is 0 Å². The number of hydrogen-bond donors (Lipinski definition) is 0. The average molecular weight is 530 g/mol. The molecule has 8 aromatic rings. The maximum Gasteiger partial charge on any atom is 0.235 e. The predicted molar refractivity (Wildman–Crippen MR) is 170 cm³/mol. The van der Waals surface area contributed by atoms with Crippen molar-refractivity contribution in [1.82, 2.24) is 14.5 Å². The predicted octanol–water partition coefficient (Wildman–Crippen LogP) is 9.72. The number of aryl methyl sites for hydroxylation is 1. The summed E-state index contributed by atoms with van der Waals surface area (Å²) in [5.74, 6) is 0.710. The van der Waals surface area contributed by atoms with Gasteiger partial charge in [-0.3, -0.25) is 4.57 Å². The molecule has 188 valence electrons. The second kappa shape index (κ2) is 8.35. The number of rotatable bonds is 2. The van der Waals surface area contributed by atoms with E-state index in [1.54, 1.807) is 0 Å². The third-order valence-corrected chi connectivity index (χ3v) is 9.44. The topological polar surface area (TPSA) is 30.7 Å². The molecule has 0 spiro atoms. The number of aromatic nitrogens is 3. The molecule has 9 rings (SSSR count). The van der Waals surface area contributed by atoms with Crippen molar-refractivity contribution in [3.63, 3.8) is 0 Å². The van der Waals surface area contributed by atoms with Gasteiger partial charge in [0, 0.05) is 37.2 Å². The van der Waals surface area contributed by atoms with Gasteiger partial charge < -0.3 is 0 Å². The van der Waals surface area contributed by atoms with Crippen LogP contribution in [0.3, 0.4) is 0 Å². The summed E-state index contributed by atoms with van der Waals surface area (Å²) >= 11 is 1.89. The van der Waals surface area contributed by atoms with E-state index in [9.17, 15) is 0 Å². The van der Waals surface area contributed by atoms with Crippen molar-refractivity contribution in [1.29, 1.82) is 0 Å². The molecule has 0 unspecified atom stereocenters. The van der Waals surface area contributed by atoms with Crippen LogP contribution in [-0.2, 0) is 6.42 Å². The summed E-state index contributed by atoms with van der Waals surface area (Å²) in [7, 11) is 0. The Hall–Kier alpha value is -4.80. The van der Waals surface area contributed by atoms with Gasteiger partial charge in [0.2, 0.25) is 5.95 Å². The van der Waals surface area contributed by atoms with Gasteiger partial charge in [0.1, 0.15) is 0 Å². The minimum atomic E-state index is 0.710. The van der Waals surface area contributed by atoms with Gasteiger partial charge in [-0.2, -0.15) is 0 Å². The Kier molecular flexibility index (Phi) is 4.60. The summed E-state index contributed by atoms with van der Waals surface area (Å²) in [5, 5.41) is 6.35. The average Bonchev–Trinajstić information content (AvgIpc) is 3.58. The van der Waals surface area contributed by atoms with Gasteiger partial charge in [0.25, 0.3) is 0 Å². The quantitative estimate of drug-likeness (QED) is 0.223. The van der Waals surface area contributed by atoms with Crippen LogP contribution < -0.4 is 0 Å². The number of benzene rings is 5. The highest BCUT2D eigenvalue weighted by Gasteiger charge is 2.26. The number of nitrogens with zero attached hydrogens (tertiary/aromatic N) is 3. The van der Waals surface area contributed by atoms with E-state index in [2.05, 4.69) is 120 Å². The Balaban J connectivity index is 1.52. The molecule has 1 aliphatic carbocycles. The van der Waals surface area contributed by atoms with Crippen LogP contribution in [0.15, 0.2) is 109 Å². The van der Waals surface area contributed by atoms with Crippen LogP contribution in [-0.4, -0.2) is 14.5 Å². The van der Waals surface area contributed by atoms with Gasteiger partial charge in [-0.25, -0.2) is 9.97 Å². The summed E-state index contributed by atoms with van der Waals surface area (Å²) in [6.07, 6.45) is 6.81. The SMILES string of the molecule is C1=Cc2c(c3c4ccccc4sc3c3c2c2ccccc2n3-c2nc(-c3ccccc3)c3ccccc3n2)CC1. The summed E-state index contributed by atoms with van der Waals surface area (Å²) in [4.78, 5) is 10.5. The lowest BCUT2D eigenvalue weighted by Crippen LogP contribution is -2.04. The first-order valence-corrected chi connectivity index (χ1v) is 14.6. The molecule has 0 aliphatic heterocycles. The van der Waals surface area contributed by atoms with E-state index in [1.165, 1.54) is 47.6 Å². The van der Waals surface area contributed by atoms with E-state index in [0.717, 1.165) is 40.5 Å². The normalized spacial score (nSPS) is 13.2. The lowest BCUT2D eigenvalue weighted by molar-refractivity contribution is 0.999. The maximum absolute atomic E-state index is 5.33. The molecule has 3 heterocycles. The van der Waals surface area contributed by atoms with Gasteiger partial charge >= 0.3 is 0 Å². The fraction of sp³-hybridized carbons (Fsp3) is 0.0556. The molecule has 0 amide bonds. The van der Waals surface area contributed by atoms with E-state index in [0.29, 0.717) is 5.95 Å². The third kappa shape index (κ3) is 3.00. The van der Waals surface area contributed by atoms with Gasteiger partial charge in [-0.1, -0.05) is 97.1 Å². The molecule has 0 N–H and O–H groups in total. The van der Waals surface area contributed by atoms with Crippen molar-refractivity contribution in [2.45, 2.75) is 12.8 Å². The zero-order valence-corrected chi connectivity index (χ0v) is 22.5. The molecule has 3 nitrogen and oxygen atoms in total. The van der Waals surface area contributed by atoms with Crippen LogP contribution in [0.4, 0.5) is 0 Å². The Morgan fingerprint density at radius 1 is 0.675 bits per heavy atom. The molecule has 4 heteroatoms. The summed E-state index contributed by atoms with van der Waals surface area (Å²) in [5.41, 5.74) is 8.15. The molecule has 0 saturated heterocycles. The number of thiophene rings is 1. The van der Waals surface area contributed by atoms with E-state index in [-0.39, 0.29) is 0 Å². The Bertz CT molecular complexity index is 2320. The van der Waals surface area contributed by atoms with Gasteiger partial charge in [-0.05, 0) is 42.2 Å². The number of hydrogen-bond acceptors (Lipinski definition) is 3. The first kappa shape index (κ1) is 22.1. The summed E-state index contributed by atoms with van der Waals surface area (Å²) in [6.45, 7) is 0. The van der Waals surface area contributed by atoms with Gasteiger partial charge in [0.05, 0.1) is 26.9 Å². The molecule has 40 heavy (non-hydrogen) atoms. The molecule has 5 aromatic carbocycles. The third-order valence-electron chi connectivity index (χ3n) is 8.27. The monoisotopic (exact) mass is 529 g/mol. The standard InChI is InChI=1S/C36H23N3S/c1-2-12-22(13-3-1)33-25-16-6-9-19-28(25)37-36(38-33)39-29-20-10-7-17-26(29)31-23-14-4-5-15-24(23)32-27-18-8-11-21-30(27)40-35(32)34(31)39/h1-4,6-14,16-21H,5,15H2. The van der Waals surface area contributed by atoms with Gasteiger partial charge in [-0.15, -0.1) is 11.3 Å². The van der Waals surface area contributed by atoms with E-state index < -0.39 is 0 Å². The van der Waals surface area contributed by atoms with E-state index in [4.69, 9.17) is 9.97 Å². The molecule has 0 bridgehead atoms. The molecular formula is C36H23N3S. The molecule has 1 aliphatic rings. The zero-order valence-electron chi connectivity index (χ0n) is 21.6. The first-order valence-electron chi connectivity index (χ1n) is 13.8. The highest BCUT2D eigenvalue weighted by molar-refractivity contribution is 7.26. The van der Waals surface area contributed by atoms with Crippen molar-refractivity contribution in [3.8, 4) is 17.2 Å². The smallest absolute Gasteiger partial charge is 0.235 e. The van der Waals surface area contributed by atoms with E-state index >= 15 is 0 Å². The van der Waals surface area contributed by atoms with Crippen molar-refractivity contribution in [2.75, 3.05) is 0 Å². The van der Waals surface area contributed by atoms with Gasteiger partial charge in [0.15, 0.2) is 0 Å². The number of para-hydroxylation sites is 2. The minimum absolute atomic E-state index is 0.710. The molecule has 0 radical (unpaired) electrons. The molecular weight excluding hydrogens is 506 g/mol. The molecule has 0 atom stereocenters. The second-order valence-electron chi connectivity index (χ2n) is 10.5. The zero-order chi connectivity index (χ0) is 26.2. The van der Waals surface area contributed by atoms with Crippen molar-refractivity contribution >= 4 is 70.3 Å². The minimum Gasteiger partial charge on any atom is -0.276 e. The molecule has 0 fully saturated rings. The van der Waals surface area contributed by atoms with Crippen LogP contribution in [0.25, 0.3) is 76.2 Å². The van der Waals surface area contributed by atoms with Crippen LogP contribution in [0.5, 0.6) is 0 Å². The lowest BCUT2D eigenvalue weighted by Gasteiger charge is -2.16. The van der Waals surface area contributed by atoms with Crippen molar-refractivity contribution in [3.05, 3.63) is 120 Å². The van der Waals surface area contributed by atoms with E-state index in [1.807, 2.05) is 11.3 Å². The van der Waals surface area contributed by atoms with Crippen molar-refractivity contribution < 1.29 is 0 Å². The highest BCUT2D eigenvalue weighted by atomic mass is 32.1. The Morgan fingerprint density at radius 2 is 1.43 bits per heavy atom. The number of allylic oxidation sites excluding steroid dienone is 1. The summed E-state index contributed by atoms with van der Waals surface area (Å²) in [6, 6.07) is 36.4. The van der Waals surface area contributed by atoms with Crippen molar-refractivity contribution in [2.24, 2.45) is 0 Å². The molecule has 0 saturated carbocycles. The number of fused-ring (bicyclic) bond motifs is 11.